The van der Waals surface area contributed by atoms with Crippen LogP contribution < -0.4 is 5.73 Å². The van der Waals surface area contributed by atoms with E-state index in [1.807, 2.05) is 18.9 Å². The summed E-state index contributed by atoms with van der Waals surface area (Å²) in [7, 11) is 1.95. The van der Waals surface area contributed by atoms with E-state index in [0.29, 0.717) is 6.54 Å². The lowest BCUT2D eigenvalue weighted by molar-refractivity contribution is 0.309. The highest BCUT2D eigenvalue weighted by Crippen LogP contribution is 2.03. The minimum Gasteiger partial charge on any atom is -0.327 e. The van der Waals surface area contributed by atoms with E-state index in [0.717, 1.165) is 12.1 Å². The first-order valence-corrected chi connectivity index (χ1v) is 4.61. The Hall–Kier alpha value is -1.00. The van der Waals surface area contributed by atoms with Crippen molar-refractivity contribution in [2.45, 2.75) is 19.5 Å². The second-order valence-electron chi connectivity index (χ2n) is 3.69. The monoisotopic (exact) mass is 197 g/mol. The highest BCUT2D eigenvalue weighted by atomic mass is 19.1. The molecule has 0 aliphatic rings. The van der Waals surface area contributed by atoms with Crippen LogP contribution >= 0.6 is 0 Å². The summed E-state index contributed by atoms with van der Waals surface area (Å²) in [4.78, 5) is 5.83. The number of nitrogens with two attached hydrogens (primary N) is 1. The van der Waals surface area contributed by atoms with Gasteiger partial charge in [-0.1, -0.05) is 0 Å². The number of aromatic nitrogens is 1. The maximum absolute atomic E-state index is 12.8. The van der Waals surface area contributed by atoms with Crippen molar-refractivity contribution in [3.05, 3.63) is 29.8 Å². The van der Waals surface area contributed by atoms with E-state index in [4.69, 9.17) is 5.73 Å². The van der Waals surface area contributed by atoms with Crippen LogP contribution in [0.1, 0.15) is 12.5 Å². The number of nitrogens with zero attached hydrogens (tertiary/aromatic N) is 2. The standard InChI is InChI=1S/C10H16FN3/c1-8(12)6-14(2)7-9-3-10(11)5-13-4-9/h3-5,8H,6-7,12H2,1-2H3. The van der Waals surface area contributed by atoms with Gasteiger partial charge in [-0.25, -0.2) is 4.39 Å². The van der Waals surface area contributed by atoms with Gasteiger partial charge >= 0.3 is 0 Å². The summed E-state index contributed by atoms with van der Waals surface area (Å²) in [5.41, 5.74) is 6.51. The molecule has 1 heterocycles. The van der Waals surface area contributed by atoms with Crippen molar-refractivity contribution in [1.29, 1.82) is 0 Å². The number of hydrogen-bond donors (Lipinski definition) is 1. The number of rotatable bonds is 4. The molecule has 78 valence electrons. The molecule has 1 aromatic heterocycles. The van der Waals surface area contributed by atoms with Gasteiger partial charge in [-0.3, -0.25) is 4.98 Å². The van der Waals surface area contributed by atoms with Crippen LogP contribution in [0.25, 0.3) is 0 Å². The summed E-state index contributed by atoms with van der Waals surface area (Å²) >= 11 is 0. The lowest BCUT2D eigenvalue weighted by Crippen LogP contribution is -2.32. The fraction of sp³-hybridized carbons (Fsp3) is 0.500. The first kappa shape index (κ1) is 11.1. The van der Waals surface area contributed by atoms with E-state index in [9.17, 15) is 4.39 Å². The number of pyridine rings is 1. The molecule has 0 aliphatic carbocycles. The average molecular weight is 197 g/mol. The van der Waals surface area contributed by atoms with Crippen LogP contribution in [0, 0.1) is 5.82 Å². The van der Waals surface area contributed by atoms with E-state index in [1.165, 1.54) is 12.3 Å². The van der Waals surface area contributed by atoms with Crippen LogP contribution in [0.4, 0.5) is 4.39 Å². The Morgan fingerprint density at radius 3 is 2.86 bits per heavy atom. The summed E-state index contributed by atoms with van der Waals surface area (Å²) in [5.74, 6) is -0.295. The quantitative estimate of drug-likeness (QED) is 0.783. The van der Waals surface area contributed by atoms with Crippen molar-refractivity contribution in [1.82, 2.24) is 9.88 Å². The zero-order valence-electron chi connectivity index (χ0n) is 8.57. The number of likely N-dealkylation sites (N-methyl/N-ethyl adjacent to an activating group) is 1. The third-order valence-corrected chi connectivity index (χ3v) is 1.81. The molecular formula is C10H16FN3. The van der Waals surface area contributed by atoms with Gasteiger partial charge in [0.25, 0.3) is 0 Å². The molecule has 0 aliphatic heterocycles. The molecule has 2 N–H and O–H groups in total. The zero-order valence-corrected chi connectivity index (χ0v) is 8.57. The summed E-state index contributed by atoms with van der Waals surface area (Å²) in [6.45, 7) is 3.41. The van der Waals surface area contributed by atoms with Crippen molar-refractivity contribution in [2.24, 2.45) is 5.73 Å². The second-order valence-corrected chi connectivity index (χ2v) is 3.69. The van der Waals surface area contributed by atoms with Crippen LogP contribution in [0.15, 0.2) is 18.5 Å². The largest absolute Gasteiger partial charge is 0.327 e. The molecule has 14 heavy (non-hydrogen) atoms. The second kappa shape index (κ2) is 5.02. The van der Waals surface area contributed by atoms with E-state index in [-0.39, 0.29) is 11.9 Å². The summed E-state index contributed by atoms with van der Waals surface area (Å²) in [6.07, 6.45) is 2.87. The average Bonchev–Trinajstić information content (AvgIpc) is 2.01. The molecule has 3 nitrogen and oxygen atoms in total. The molecule has 1 rings (SSSR count). The number of halogens is 1. The van der Waals surface area contributed by atoms with Gasteiger partial charge in [0.05, 0.1) is 6.20 Å². The van der Waals surface area contributed by atoms with Gasteiger partial charge in [-0.15, -0.1) is 0 Å². The SMILES string of the molecule is CC(N)CN(C)Cc1cncc(F)c1. The molecule has 0 spiro atoms. The van der Waals surface area contributed by atoms with Gasteiger partial charge in [-0.2, -0.15) is 0 Å². The Morgan fingerprint density at radius 2 is 2.29 bits per heavy atom. The fourth-order valence-corrected chi connectivity index (χ4v) is 1.41. The topological polar surface area (TPSA) is 42.1 Å². The molecule has 1 atom stereocenters. The molecule has 0 radical (unpaired) electrons. The summed E-state index contributed by atoms with van der Waals surface area (Å²) < 4.78 is 12.8. The lowest BCUT2D eigenvalue weighted by atomic mass is 10.2. The van der Waals surface area contributed by atoms with Crippen molar-refractivity contribution < 1.29 is 4.39 Å². The molecular weight excluding hydrogens is 181 g/mol. The molecule has 0 saturated carbocycles. The van der Waals surface area contributed by atoms with Crippen LogP contribution in [-0.2, 0) is 6.54 Å². The maximum Gasteiger partial charge on any atom is 0.141 e. The molecule has 0 aromatic carbocycles. The smallest absolute Gasteiger partial charge is 0.141 e. The van der Waals surface area contributed by atoms with E-state index >= 15 is 0 Å². The van der Waals surface area contributed by atoms with Gasteiger partial charge < -0.3 is 10.6 Å². The minimum absolute atomic E-state index is 0.126. The summed E-state index contributed by atoms with van der Waals surface area (Å²) in [6, 6.07) is 1.62. The van der Waals surface area contributed by atoms with Crippen LogP contribution in [-0.4, -0.2) is 29.5 Å². The van der Waals surface area contributed by atoms with Gasteiger partial charge in [-0.05, 0) is 25.6 Å². The van der Waals surface area contributed by atoms with Crippen LogP contribution in [0.3, 0.4) is 0 Å². The van der Waals surface area contributed by atoms with Gasteiger partial charge in [0.15, 0.2) is 0 Å². The van der Waals surface area contributed by atoms with Gasteiger partial charge in [0, 0.05) is 25.3 Å². The van der Waals surface area contributed by atoms with Crippen LogP contribution in [0.5, 0.6) is 0 Å². The predicted octanol–water partition coefficient (Wildman–Crippen LogP) is 1.000. The van der Waals surface area contributed by atoms with Crippen molar-refractivity contribution in [2.75, 3.05) is 13.6 Å². The van der Waals surface area contributed by atoms with Gasteiger partial charge in [0.2, 0.25) is 0 Å². The van der Waals surface area contributed by atoms with Gasteiger partial charge in [0.1, 0.15) is 5.82 Å². The molecule has 0 saturated heterocycles. The highest BCUT2D eigenvalue weighted by Gasteiger charge is 2.03. The molecule has 0 bridgehead atoms. The highest BCUT2D eigenvalue weighted by molar-refractivity contribution is 5.09. The molecule has 4 heteroatoms. The Labute approximate surface area is 83.7 Å². The minimum atomic E-state index is -0.295. The molecule has 0 fully saturated rings. The van der Waals surface area contributed by atoms with E-state index in [2.05, 4.69) is 4.98 Å². The lowest BCUT2D eigenvalue weighted by Gasteiger charge is -2.18. The third kappa shape index (κ3) is 3.81. The molecule has 1 aromatic rings. The van der Waals surface area contributed by atoms with E-state index < -0.39 is 0 Å². The van der Waals surface area contributed by atoms with Crippen molar-refractivity contribution >= 4 is 0 Å². The normalized spacial score (nSPS) is 13.2. The van der Waals surface area contributed by atoms with E-state index in [1.54, 1.807) is 6.20 Å². The first-order chi connectivity index (χ1) is 6.58. The van der Waals surface area contributed by atoms with Crippen LogP contribution in [0.2, 0.25) is 0 Å². The Kier molecular flexibility index (Phi) is 3.98. The summed E-state index contributed by atoms with van der Waals surface area (Å²) in [5, 5.41) is 0. The predicted molar refractivity (Wildman–Crippen MR) is 54.2 cm³/mol. The van der Waals surface area contributed by atoms with Crippen molar-refractivity contribution in [3.63, 3.8) is 0 Å². The Bertz CT molecular complexity index is 288. The first-order valence-electron chi connectivity index (χ1n) is 4.61. The maximum atomic E-state index is 12.8. The molecule has 1 unspecified atom stereocenters. The Morgan fingerprint density at radius 1 is 1.57 bits per heavy atom. The molecule has 0 amide bonds. The fourth-order valence-electron chi connectivity index (χ4n) is 1.41. The third-order valence-electron chi connectivity index (χ3n) is 1.81. The number of hydrogen-bond acceptors (Lipinski definition) is 3. The Balaban J connectivity index is 2.51. The zero-order chi connectivity index (χ0) is 10.6. The van der Waals surface area contributed by atoms with Crippen molar-refractivity contribution in [3.8, 4) is 0 Å².